The molecule has 1 aromatic carbocycles. The molecule has 0 unspecified atom stereocenters. The molecule has 1 aliphatic rings. The summed E-state index contributed by atoms with van der Waals surface area (Å²) in [5.41, 5.74) is 0.600. The van der Waals surface area contributed by atoms with Gasteiger partial charge in [0.25, 0.3) is 0 Å². The summed E-state index contributed by atoms with van der Waals surface area (Å²) in [5, 5.41) is 0.294. The molecule has 1 fully saturated rings. The van der Waals surface area contributed by atoms with Crippen LogP contribution in [0.3, 0.4) is 0 Å². The summed E-state index contributed by atoms with van der Waals surface area (Å²) in [6.07, 6.45) is 1.93. The molecule has 0 atom stereocenters. The molecule has 6 nitrogen and oxygen atoms in total. The van der Waals surface area contributed by atoms with Crippen LogP contribution in [0.25, 0.3) is 0 Å². The number of amides is 2. The van der Waals surface area contributed by atoms with E-state index in [1.54, 1.807) is 4.90 Å². The number of halogens is 1. The van der Waals surface area contributed by atoms with Crippen LogP contribution >= 0.6 is 11.6 Å². The molecule has 0 saturated carbocycles. The molecule has 25 heavy (non-hydrogen) atoms. The van der Waals surface area contributed by atoms with Crippen LogP contribution < -0.4 is 4.90 Å². The average Bonchev–Trinajstić information content (AvgIpc) is 2.59. The number of methoxy groups -OCH3 is 1. The SMILES string of the molecule is COC(=O)c1ccc(Cl)c(N(CC(=O)N2CCC(C)CC2)C(C)=O)c1. The van der Waals surface area contributed by atoms with Gasteiger partial charge < -0.3 is 14.5 Å². The Kier molecular flexibility index (Phi) is 6.42. The van der Waals surface area contributed by atoms with Gasteiger partial charge in [-0.15, -0.1) is 0 Å². The van der Waals surface area contributed by atoms with E-state index in [0.29, 0.717) is 29.7 Å². The minimum atomic E-state index is -0.530. The summed E-state index contributed by atoms with van der Waals surface area (Å²) in [7, 11) is 1.28. The zero-order valence-corrected chi connectivity index (χ0v) is 15.5. The van der Waals surface area contributed by atoms with E-state index in [1.807, 2.05) is 0 Å². The van der Waals surface area contributed by atoms with Crippen molar-refractivity contribution in [2.24, 2.45) is 5.92 Å². The van der Waals surface area contributed by atoms with Crippen molar-refractivity contribution in [2.45, 2.75) is 26.7 Å². The van der Waals surface area contributed by atoms with Crippen molar-refractivity contribution < 1.29 is 19.1 Å². The normalized spacial score (nSPS) is 15.0. The number of hydrogen-bond acceptors (Lipinski definition) is 4. The third-order valence-corrected chi connectivity index (χ3v) is 4.79. The molecule has 0 N–H and O–H groups in total. The molecule has 1 heterocycles. The molecular weight excluding hydrogens is 344 g/mol. The van der Waals surface area contributed by atoms with Crippen LogP contribution in [0.1, 0.15) is 37.0 Å². The molecule has 1 saturated heterocycles. The minimum Gasteiger partial charge on any atom is -0.465 e. The third kappa shape index (κ3) is 4.72. The number of benzene rings is 1. The van der Waals surface area contributed by atoms with Gasteiger partial charge in [0.2, 0.25) is 11.8 Å². The van der Waals surface area contributed by atoms with Gasteiger partial charge in [-0.1, -0.05) is 18.5 Å². The highest BCUT2D eigenvalue weighted by molar-refractivity contribution is 6.34. The monoisotopic (exact) mass is 366 g/mol. The first-order chi connectivity index (χ1) is 11.8. The van der Waals surface area contributed by atoms with E-state index in [-0.39, 0.29) is 23.9 Å². The number of carbonyl (C=O) groups is 3. The number of nitrogens with zero attached hydrogens (tertiary/aromatic N) is 2. The van der Waals surface area contributed by atoms with Crippen molar-refractivity contribution in [2.75, 3.05) is 31.6 Å². The smallest absolute Gasteiger partial charge is 0.337 e. The molecular formula is C18H23ClN2O4. The summed E-state index contributed by atoms with van der Waals surface area (Å²) >= 11 is 6.20. The van der Waals surface area contributed by atoms with E-state index >= 15 is 0 Å². The second-order valence-corrected chi connectivity index (χ2v) is 6.73. The number of carbonyl (C=O) groups excluding carboxylic acids is 3. The van der Waals surface area contributed by atoms with Crippen LogP contribution in [0.2, 0.25) is 5.02 Å². The number of piperidine rings is 1. The fourth-order valence-corrected chi connectivity index (χ4v) is 3.04. The standard InChI is InChI=1S/C18H23ClN2O4/c1-12-6-8-20(9-7-12)17(23)11-21(13(2)22)16-10-14(18(24)25-3)4-5-15(16)19/h4-5,10,12H,6-9,11H2,1-3H3. The maximum Gasteiger partial charge on any atom is 0.337 e. The molecule has 0 aliphatic carbocycles. The largest absolute Gasteiger partial charge is 0.465 e. The summed E-state index contributed by atoms with van der Waals surface area (Å²) in [4.78, 5) is 39.5. The van der Waals surface area contributed by atoms with E-state index < -0.39 is 5.97 Å². The van der Waals surface area contributed by atoms with Gasteiger partial charge in [0.1, 0.15) is 6.54 Å². The predicted octanol–water partition coefficient (Wildman–Crippen LogP) is 2.74. The first kappa shape index (κ1) is 19.2. The minimum absolute atomic E-state index is 0.103. The Morgan fingerprint density at radius 2 is 1.92 bits per heavy atom. The van der Waals surface area contributed by atoms with Gasteiger partial charge in [-0.25, -0.2) is 4.79 Å². The maximum atomic E-state index is 12.6. The Bertz CT molecular complexity index is 669. The molecule has 1 aliphatic heterocycles. The maximum absolute atomic E-state index is 12.6. The quantitative estimate of drug-likeness (QED) is 0.768. The van der Waals surface area contributed by atoms with Crippen molar-refractivity contribution in [1.82, 2.24) is 4.90 Å². The number of likely N-dealkylation sites (tertiary alicyclic amines) is 1. The molecule has 2 rings (SSSR count). The molecule has 7 heteroatoms. The fraction of sp³-hybridized carbons (Fsp3) is 0.500. The van der Waals surface area contributed by atoms with Crippen LogP contribution in [0.5, 0.6) is 0 Å². The second kappa shape index (κ2) is 8.34. The van der Waals surface area contributed by atoms with Gasteiger partial charge in [0.15, 0.2) is 0 Å². The molecule has 2 amide bonds. The topological polar surface area (TPSA) is 66.9 Å². The van der Waals surface area contributed by atoms with Crippen LogP contribution in [0.4, 0.5) is 5.69 Å². The summed E-state index contributed by atoms with van der Waals surface area (Å²) < 4.78 is 4.70. The van der Waals surface area contributed by atoms with E-state index in [4.69, 9.17) is 16.3 Å². The van der Waals surface area contributed by atoms with E-state index in [0.717, 1.165) is 12.8 Å². The zero-order valence-electron chi connectivity index (χ0n) is 14.8. The highest BCUT2D eigenvalue weighted by atomic mass is 35.5. The van der Waals surface area contributed by atoms with Crippen LogP contribution in [-0.2, 0) is 14.3 Å². The van der Waals surface area contributed by atoms with Crippen LogP contribution in [0.15, 0.2) is 18.2 Å². The average molecular weight is 367 g/mol. The Morgan fingerprint density at radius 1 is 1.28 bits per heavy atom. The van der Waals surface area contributed by atoms with Crippen molar-refractivity contribution in [3.05, 3.63) is 28.8 Å². The molecule has 0 radical (unpaired) electrons. The summed E-state index contributed by atoms with van der Waals surface area (Å²) in [6, 6.07) is 4.51. The van der Waals surface area contributed by atoms with Gasteiger partial charge in [-0.3, -0.25) is 9.59 Å². The lowest BCUT2D eigenvalue weighted by Crippen LogP contribution is -2.45. The van der Waals surface area contributed by atoms with Gasteiger partial charge >= 0.3 is 5.97 Å². The Balaban J connectivity index is 2.22. The van der Waals surface area contributed by atoms with Crippen molar-refractivity contribution in [1.29, 1.82) is 0 Å². The number of rotatable bonds is 4. The molecule has 1 aromatic rings. The lowest BCUT2D eigenvalue weighted by atomic mass is 9.99. The van der Waals surface area contributed by atoms with E-state index in [9.17, 15) is 14.4 Å². The highest BCUT2D eigenvalue weighted by Gasteiger charge is 2.25. The number of esters is 1. The third-order valence-electron chi connectivity index (χ3n) is 4.47. The van der Waals surface area contributed by atoms with E-state index in [2.05, 4.69) is 6.92 Å². The lowest BCUT2D eigenvalue weighted by molar-refractivity contribution is -0.132. The molecule has 0 bridgehead atoms. The molecule has 136 valence electrons. The van der Waals surface area contributed by atoms with Crippen LogP contribution in [0, 0.1) is 5.92 Å². The Labute approximate surface area is 152 Å². The summed E-state index contributed by atoms with van der Waals surface area (Å²) in [5.74, 6) is -0.360. The Morgan fingerprint density at radius 3 is 2.48 bits per heavy atom. The van der Waals surface area contributed by atoms with Crippen molar-refractivity contribution in [3.8, 4) is 0 Å². The van der Waals surface area contributed by atoms with Crippen LogP contribution in [-0.4, -0.2) is 49.4 Å². The summed E-state index contributed by atoms with van der Waals surface area (Å²) in [6.45, 7) is 4.83. The van der Waals surface area contributed by atoms with Crippen molar-refractivity contribution in [3.63, 3.8) is 0 Å². The molecule has 0 spiro atoms. The van der Waals surface area contributed by atoms with Gasteiger partial charge in [0.05, 0.1) is 23.4 Å². The first-order valence-electron chi connectivity index (χ1n) is 8.27. The number of anilines is 1. The van der Waals surface area contributed by atoms with Gasteiger partial charge in [-0.05, 0) is 37.0 Å². The fourth-order valence-electron chi connectivity index (χ4n) is 2.82. The highest BCUT2D eigenvalue weighted by Crippen LogP contribution is 2.28. The first-order valence-corrected chi connectivity index (χ1v) is 8.65. The van der Waals surface area contributed by atoms with Gasteiger partial charge in [0, 0.05) is 20.0 Å². The predicted molar refractivity (Wildman–Crippen MR) is 95.8 cm³/mol. The number of ether oxygens (including phenoxy) is 1. The van der Waals surface area contributed by atoms with Crippen molar-refractivity contribution >= 4 is 35.1 Å². The lowest BCUT2D eigenvalue weighted by Gasteiger charge is -2.32. The number of hydrogen-bond donors (Lipinski definition) is 0. The van der Waals surface area contributed by atoms with Gasteiger partial charge in [-0.2, -0.15) is 0 Å². The second-order valence-electron chi connectivity index (χ2n) is 6.33. The Hall–Kier alpha value is -2.08. The zero-order chi connectivity index (χ0) is 18.6. The molecule has 0 aromatic heterocycles. The van der Waals surface area contributed by atoms with E-state index in [1.165, 1.54) is 37.1 Å².